The average molecular weight is 347 g/mol. The summed E-state index contributed by atoms with van der Waals surface area (Å²) >= 11 is 1.96. The molecule has 0 spiro atoms. The second-order valence-electron chi connectivity index (χ2n) is 8.24. The largest absolute Gasteiger partial charge is 0.393 e. The van der Waals surface area contributed by atoms with E-state index in [2.05, 4.69) is 38.1 Å². The van der Waals surface area contributed by atoms with Crippen molar-refractivity contribution in [3.63, 3.8) is 0 Å². The molecular formula is C21H30O2S. The number of Topliss-reactive ketones (excluding diaryl/α,β-unsaturated/α-hetero) is 1. The van der Waals surface area contributed by atoms with E-state index < -0.39 is 0 Å². The van der Waals surface area contributed by atoms with Gasteiger partial charge in [0.1, 0.15) is 5.78 Å². The van der Waals surface area contributed by atoms with Gasteiger partial charge in [0.15, 0.2) is 0 Å². The number of hydrogen-bond acceptors (Lipinski definition) is 3. The van der Waals surface area contributed by atoms with Gasteiger partial charge in [-0.25, -0.2) is 0 Å². The van der Waals surface area contributed by atoms with Crippen LogP contribution in [0.15, 0.2) is 30.3 Å². The molecule has 0 aromatic heterocycles. The van der Waals surface area contributed by atoms with Crippen LogP contribution in [0.3, 0.4) is 0 Å². The minimum atomic E-state index is -0.255. The minimum Gasteiger partial charge on any atom is -0.393 e. The van der Waals surface area contributed by atoms with Crippen molar-refractivity contribution in [3.05, 3.63) is 35.9 Å². The molecule has 1 N–H and O–H groups in total. The van der Waals surface area contributed by atoms with Crippen LogP contribution in [0.25, 0.3) is 0 Å². The number of fused-ring (bicyclic) bond motifs is 2. The predicted octanol–water partition coefficient (Wildman–Crippen LogP) is 5.02. The molecule has 0 aliphatic heterocycles. The van der Waals surface area contributed by atoms with Crippen molar-refractivity contribution in [2.45, 2.75) is 64.2 Å². The monoisotopic (exact) mass is 346 g/mol. The Bertz CT molecular complexity index is 583. The Morgan fingerprint density at radius 3 is 2.54 bits per heavy atom. The summed E-state index contributed by atoms with van der Waals surface area (Å²) in [6.45, 7) is 6.64. The molecule has 1 aromatic carbocycles. The molecule has 2 aliphatic rings. The molecule has 2 saturated carbocycles. The quantitative estimate of drug-likeness (QED) is 0.753. The average Bonchev–Trinajstić information content (AvgIpc) is 2.93. The number of benzene rings is 1. The van der Waals surface area contributed by atoms with Crippen molar-refractivity contribution in [1.29, 1.82) is 0 Å². The standard InChI is InChI=1S/C21H30O2S/c1-4-16(22)12-19(15-8-6-5-7-9-15)24-14-21-11-10-17(18(23)13-21)20(21,2)3/h5-9,16-17,19,22H,4,10-14H2,1-3H3/t16-,17+,19-,21-/m0/s1. The highest BCUT2D eigenvalue weighted by molar-refractivity contribution is 7.99. The van der Waals surface area contributed by atoms with Crippen LogP contribution in [0.2, 0.25) is 0 Å². The van der Waals surface area contributed by atoms with Crippen molar-refractivity contribution in [2.75, 3.05) is 5.75 Å². The van der Waals surface area contributed by atoms with Gasteiger partial charge in [0.25, 0.3) is 0 Å². The van der Waals surface area contributed by atoms with Crippen molar-refractivity contribution < 1.29 is 9.90 Å². The molecule has 4 atom stereocenters. The number of carbonyl (C=O) groups is 1. The maximum absolute atomic E-state index is 12.3. The van der Waals surface area contributed by atoms with E-state index in [-0.39, 0.29) is 22.9 Å². The Labute approximate surface area is 150 Å². The molecule has 1 aromatic rings. The number of ketones is 1. The fraction of sp³-hybridized carbons (Fsp3) is 0.667. The van der Waals surface area contributed by atoms with Gasteiger partial charge in [-0.15, -0.1) is 0 Å². The second kappa shape index (κ2) is 6.84. The Morgan fingerprint density at radius 1 is 1.29 bits per heavy atom. The van der Waals surface area contributed by atoms with E-state index in [1.807, 2.05) is 24.8 Å². The van der Waals surface area contributed by atoms with E-state index >= 15 is 0 Å². The first-order valence-electron chi connectivity index (χ1n) is 9.27. The lowest BCUT2D eigenvalue weighted by molar-refractivity contribution is -0.122. The molecule has 2 aliphatic carbocycles. The fourth-order valence-electron chi connectivity index (χ4n) is 4.76. The lowest BCUT2D eigenvalue weighted by Crippen LogP contribution is -2.33. The number of thioether (sulfide) groups is 1. The molecule has 0 radical (unpaired) electrons. The van der Waals surface area contributed by atoms with Crippen LogP contribution in [-0.2, 0) is 4.79 Å². The maximum atomic E-state index is 12.3. The summed E-state index contributed by atoms with van der Waals surface area (Å²) < 4.78 is 0. The zero-order valence-corrected chi connectivity index (χ0v) is 15.9. The van der Waals surface area contributed by atoms with Gasteiger partial charge in [-0.1, -0.05) is 51.1 Å². The summed E-state index contributed by atoms with van der Waals surface area (Å²) in [5, 5.41) is 10.5. The Balaban J connectivity index is 1.75. The molecule has 0 amide bonds. The highest BCUT2D eigenvalue weighted by Gasteiger charge is 2.62. The molecular weight excluding hydrogens is 316 g/mol. The topological polar surface area (TPSA) is 37.3 Å². The molecule has 24 heavy (non-hydrogen) atoms. The van der Waals surface area contributed by atoms with Crippen molar-refractivity contribution in [2.24, 2.45) is 16.7 Å². The number of aliphatic hydroxyl groups is 1. The number of carbonyl (C=O) groups excluding carboxylic acids is 1. The van der Waals surface area contributed by atoms with Crippen LogP contribution in [0.4, 0.5) is 0 Å². The molecule has 132 valence electrons. The normalized spacial score (nSPS) is 30.5. The van der Waals surface area contributed by atoms with E-state index in [1.54, 1.807) is 0 Å². The third-order valence-corrected chi connectivity index (χ3v) is 8.33. The van der Waals surface area contributed by atoms with Gasteiger partial charge < -0.3 is 5.11 Å². The first kappa shape index (κ1) is 18.0. The molecule has 3 heteroatoms. The Hall–Kier alpha value is -0.800. The van der Waals surface area contributed by atoms with Gasteiger partial charge in [0.05, 0.1) is 6.10 Å². The third kappa shape index (κ3) is 3.06. The van der Waals surface area contributed by atoms with E-state index in [9.17, 15) is 9.90 Å². The van der Waals surface area contributed by atoms with E-state index in [1.165, 1.54) is 12.0 Å². The van der Waals surface area contributed by atoms with Gasteiger partial charge in [0, 0.05) is 23.3 Å². The van der Waals surface area contributed by atoms with E-state index in [4.69, 9.17) is 0 Å². The fourth-order valence-corrected chi connectivity index (χ4v) is 6.61. The molecule has 2 fully saturated rings. The lowest BCUT2D eigenvalue weighted by atomic mass is 9.71. The molecule has 3 rings (SSSR count). The summed E-state index contributed by atoms with van der Waals surface area (Å²) in [4.78, 5) is 12.3. The number of hydrogen-bond donors (Lipinski definition) is 1. The highest BCUT2D eigenvalue weighted by atomic mass is 32.2. The van der Waals surface area contributed by atoms with Gasteiger partial charge in [-0.2, -0.15) is 11.8 Å². The van der Waals surface area contributed by atoms with Crippen LogP contribution in [0.5, 0.6) is 0 Å². The van der Waals surface area contributed by atoms with Gasteiger partial charge in [-0.05, 0) is 42.1 Å². The summed E-state index contributed by atoms with van der Waals surface area (Å²) in [5.41, 5.74) is 1.58. The SMILES string of the molecule is CC[C@H](O)C[C@H](SC[C@]12CC[C@H](C(=O)C1)C2(C)C)c1ccccc1. The highest BCUT2D eigenvalue weighted by Crippen LogP contribution is 2.65. The number of rotatable bonds is 7. The van der Waals surface area contributed by atoms with Gasteiger partial charge in [-0.3, -0.25) is 4.79 Å². The molecule has 0 unspecified atom stereocenters. The van der Waals surface area contributed by atoms with Crippen LogP contribution in [0, 0.1) is 16.7 Å². The second-order valence-corrected chi connectivity index (χ2v) is 9.44. The zero-order valence-electron chi connectivity index (χ0n) is 15.1. The predicted molar refractivity (Wildman–Crippen MR) is 101 cm³/mol. The zero-order chi connectivity index (χ0) is 17.4. The van der Waals surface area contributed by atoms with Gasteiger partial charge in [0.2, 0.25) is 0 Å². The van der Waals surface area contributed by atoms with Crippen LogP contribution in [0.1, 0.15) is 63.7 Å². The van der Waals surface area contributed by atoms with E-state index in [0.717, 1.165) is 31.4 Å². The van der Waals surface area contributed by atoms with Gasteiger partial charge >= 0.3 is 0 Å². The van der Waals surface area contributed by atoms with Crippen LogP contribution in [-0.4, -0.2) is 22.7 Å². The molecule has 2 bridgehead atoms. The first-order valence-corrected chi connectivity index (χ1v) is 10.3. The molecule has 2 nitrogen and oxygen atoms in total. The molecule has 0 heterocycles. The maximum Gasteiger partial charge on any atom is 0.137 e. The summed E-state index contributed by atoms with van der Waals surface area (Å²) in [7, 11) is 0. The Kier molecular flexibility index (Phi) is 5.13. The summed E-state index contributed by atoms with van der Waals surface area (Å²) in [5.74, 6) is 1.78. The summed E-state index contributed by atoms with van der Waals surface area (Å²) in [6.07, 6.45) is 4.34. The van der Waals surface area contributed by atoms with Crippen molar-refractivity contribution >= 4 is 17.5 Å². The third-order valence-electron chi connectivity index (χ3n) is 6.74. The summed E-state index contributed by atoms with van der Waals surface area (Å²) in [6, 6.07) is 10.5. The first-order chi connectivity index (χ1) is 11.4. The van der Waals surface area contributed by atoms with Crippen molar-refractivity contribution in [3.8, 4) is 0 Å². The van der Waals surface area contributed by atoms with Crippen LogP contribution >= 0.6 is 11.8 Å². The smallest absolute Gasteiger partial charge is 0.137 e. The molecule has 0 saturated heterocycles. The van der Waals surface area contributed by atoms with Crippen molar-refractivity contribution in [1.82, 2.24) is 0 Å². The Morgan fingerprint density at radius 2 is 2.00 bits per heavy atom. The van der Waals surface area contributed by atoms with Crippen LogP contribution < -0.4 is 0 Å². The minimum absolute atomic E-state index is 0.127. The van der Waals surface area contributed by atoms with E-state index in [0.29, 0.717) is 11.0 Å². The lowest BCUT2D eigenvalue weighted by Gasteiger charge is -2.38. The number of aliphatic hydroxyl groups excluding tert-OH is 1.